The summed E-state index contributed by atoms with van der Waals surface area (Å²) in [5.74, 6) is 1.43. The van der Waals surface area contributed by atoms with Crippen LogP contribution in [-0.2, 0) is 14.3 Å². The van der Waals surface area contributed by atoms with Crippen molar-refractivity contribution in [3.63, 3.8) is 0 Å². The van der Waals surface area contributed by atoms with Crippen molar-refractivity contribution in [3.05, 3.63) is 23.8 Å². The minimum atomic E-state index is -0.603. The van der Waals surface area contributed by atoms with Crippen molar-refractivity contribution in [3.8, 4) is 0 Å². The van der Waals surface area contributed by atoms with E-state index in [4.69, 9.17) is 9.47 Å². The van der Waals surface area contributed by atoms with Crippen molar-refractivity contribution in [2.45, 2.75) is 105 Å². The van der Waals surface area contributed by atoms with Crippen LogP contribution in [0.15, 0.2) is 23.8 Å². The van der Waals surface area contributed by atoms with Gasteiger partial charge in [-0.3, -0.25) is 4.79 Å². The van der Waals surface area contributed by atoms with Crippen LogP contribution in [-0.4, -0.2) is 29.4 Å². The topological polar surface area (TPSA) is 72.8 Å². The number of aliphatic carboxylic acids is 1. The fraction of sp³-hybridized carbons (Fsp3) is 0.806. The second-order valence-corrected chi connectivity index (χ2v) is 14.5. The van der Waals surface area contributed by atoms with E-state index in [0.717, 1.165) is 51.4 Å². The van der Waals surface area contributed by atoms with Crippen LogP contribution in [0.2, 0.25) is 0 Å². The number of fused-ring (bicyclic) bond motifs is 7. The summed E-state index contributed by atoms with van der Waals surface area (Å²) in [5.41, 5.74) is 1.35. The van der Waals surface area contributed by atoms with Crippen molar-refractivity contribution < 1.29 is 24.2 Å². The predicted molar refractivity (Wildman–Crippen MR) is 137 cm³/mol. The van der Waals surface area contributed by atoms with E-state index < -0.39 is 12.1 Å². The zero-order valence-corrected chi connectivity index (χ0v) is 22.7. The number of hydrogen-bond acceptors (Lipinski definition) is 4. The number of carboxylic acids is 1. The number of carbonyl (C=O) groups excluding carboxylic acids is 1. The van der Waals surface area contributed by atoms with E-state index in [-0.39, 0.29) is 39.8 Å². The Hall–Kier alpha value is -1.78. The highest BCUT2D eigenvalue weighted by Gasteiger charge is 2.62. The maximum atomic E-state index is 12.9. The van der Waals surface area contributed by atoms with Gasteiger partial charge >= 0.3 is 12.1 Å². The zero-order valence-electron chi connectivity index (χ0n) is 22.7. The van der Waals surface area contributed by atoms with Crippen molar-refractivity contribution in [1.82, 2.24) is 0 Å². The lowest BCUT2D eigenvalue weighted by Gasteiger charge is -2.57. The zero-order chi connectivity index (χ0) is 25.7. The van der Waals surface area contributed by atoms with Gasteiger partial charge in [-0.25, -0.2) is 4.79 Å². The lowest BCUT2D eigenvalue weighted by atomic mass is 9.48. The van der Waals surface area contributed by atoms with Crippen molar-refractivity contribution in [1.29, 1.82) is 0 Å². The molecule has 5 heteroatoms. The minimum Gasteiger partial charge on any atom is -0.481 e. The molecular formula is C31H44O5. The monoisotopic (exact) mass is 496 g/mol. The summed E-state index contributed by atoms with van der Waals surface area (Å²) in [6.07, 6.45) is 15.1. The van der Waals surface area contributed by atoms with Gasteiger partial charge in [0.25, 0.3) is 0 Å². The summed E-state index contributed by atoms with van der Waals surface area (Å²) in [7, 11) is 0. The lowest BCUT2D eigenvalue weighted by Crippen LogP contribution is -2.50. The number of ether oxygens (including phenoxy) is 2. The van der Waals surface area contributed by atoms with E-state index in [1.165, 1.54) is 12.0 Å². The molecule has 198 valence electrons. The molecule has 6 aliphatic carbocycles. The maximum absolute atomic E-state index is 12.9. The van der Waals surface area contributed by atoms with Crippen LogP contribution >= 0.6 is 0 Å². The third-order valence-corrected chi connectivity index (χ3v) is 12.5. The molecular weight excluding hydrogens is 452 g/mol. The van der Waals surface area contributed by atoms with E-state index in [2.05, 4.69) is 52.8 Å². The second-order valence-electron chi connectivity index (χ2n) is 14.5. The normalized spacial score (nSPS) is 50.0. The Balaban J connectivity index is 1.14. The van der Waals surface area contributed by atoms with E-state index in [0.29, 0.717) is 23.7 Å². The highest BCUT2D eigenvalue weighted by Crippen LogP contribution is 2.66. The molecule has 5 fully saturated rings. The molecule has 36 heavy (non-hydrogen) atoms. The summed E-state index contributed by atoms with van der Waals surface area (Å²) < 4.78 is 11.9. The van der Waals surface area contributed by atoms with Crippen LogP contribution in [0.1, 0.15) is 92.4 Å². The van der Waals surface area contributed by atoms with Gasteiger partial charge in [-0.05, 0) is 99.0 Å². The average molecular weight is 497 g/mol. The van der Waals surface area contributed by atoms with Crippen LogP contribution in [0.25, 0.3) is 0 Å². The van der Waals surface area contributed by atoms with Gasteiger partial charge < -0.3 is 14.6 Å². The first-order valence-corrected chi connectivity index (χ1v) is 14.4. The number of hydrogen-bond donors (Lipinski definition) is 1. The van der Waals surface area contributed by atoms with Gasteiger partial charge in [0.05, 0.1) is 5.92 Å². The molecule has 0 aliphatic heterocycles. The quantitative estimate of drug-likeness (QED) is 0.331. The van der Waals surface area contributed by atoms with E-state index in [1.807, 2.05) is 0 Å². The molecule has 0 radical (unpaired) electrons. The van der Waals surface area contributed by atoms with Crippen LogP contribution in [0.5, 0.6) is 0 Å². The molecule has 2 unspecified atom stereocenters. The first-order valence-electron chi connectivity index (χ1n) is 14.4. The molecule has 6 aliphatic rings. The highest BCUT2D eigenvalue weighted by atomic mass is 16.7. The van der Waals surface area contributed by atoms with E-state index >= 15 is 0 Å². The van der Waals surface area contributed by atoms with Gasteiger partial charge in [0.15, 0.2) is 0 Å². The Morgan fingerprint density at radius 1 is 0.944 bits per heavy atom. The molecule has 0 heterocycles. The summed E-state index contributed by atoms with van der Waals surface area (Å²) in [6.45, 7) is 11.3. The molecule has 0 spiro atoms. The maximum Gasteiger partial charge on any atom is 0.509 e. The third kappa shape index (κ3) is 3.32. The number of carboxylic acid groups (broad SMARTS) is 1. The Labute approximate surface area is 216 Å². The fourth-order valence-electron chi connectivity index (χ4n) is 10.6. The Bertz CT molecular complexity index is 1020. The molecule has 2 bridgehead atoms. The number of rotatable bonds is 3. The molecule has 0 aromatic carbocycles. The average Bonchev–Trinajstić information content (AvgIpc) is 3.43. The van der Waals surface area contributed by atoms with Crippen LogP contribution < -0.4 is 0 Å². The van der Waals surface area contributed by atoms with Gasteiger partial charge in [0, 0.05) is 16.2 Å². The fourth-order valence-corrected chi connectivity index (χ4v) is 10.6. The predicted octanol–water partition coefficient (Wildman–Crippen LogP) is 7.16. The molecule has 0 aromatic heterocycles. The molecule has 6 rings (SSSR count). The smallest absolute Gasteiger partial charge is 0.481 e. The van der Waals surface area contributed by atoms with Crippen molar-refractivity contribution in [2.24, 2.45) is 51.2 Å². The lowest BCUT2D eigenvalue weighted by molar-refractivity contribution is -0.148. The number of allylic oxidation sites excluding steroid dienone is 2. The van der Waals surface area contributed by atoms with Gasteiger partial charge in [-0.2, -0.15) is 0 Å². The van der Waals surface area contributed by atoms with Gasteiger partial charge in [0.1, 0.15) is 12.2 Å². The molecule has 0 saturated heterocycles. The summed E-state index contributed by atoms with van der Waals surface area (Å²) in [5, 5.41) is 9.84. The summed E-state index contributed by atoms with van der Waals surface area (Å²) in [6, 6.07) is 0. The summed E-state index contributed by atoms with van der Waals surface area (Å²) in [4.78, 5) is 24.9. The molecule has 0 aromatic rings. The highest BCUT2D eigenvalue weighted by molar-refractivity contribution is 5.71. The van der Waals surface area contributed by atoms with E-state index in [9.17, 15) is 14.7 Å². The van der Waals surface area contributed by atoms with Crippen molar-refractivity contribution >= 4 is 12.1 Å². The van der Waals surface area contributed by atoms with Crippen LogP contribution in [0.4, 0.5) is 4.79 Å². The van der Waals surface area contributed by atoms with Crippen molar-refractivity contribution in [2.75, 3.05) is 0 Å². The molecule has 5 saturated carbocycles. The van der Waals surface area contributed by atoms with Gasteiger partial charge in [-0.15, -0.1) is 0 Å². The van der Waals surface area contributed by atoms with Gasteiger partial charge in [-0.1, -0.05) is 46.3 Å². The minimum absolute atomic E-state index is 0.000783. The molecule has 5 nitrogen and oxygen atoms in total. The number of carbonyl (C=O) groups is 2. The third-order valence-electron chi connectivity index (χ3n) is 12.5. The van der Waals surface area contributed by atoms with Gasteiger partial charge in [0.2, 0.25) is 0 Å². The largest absolute Gasteiger partial charge is 0.509 e. The second kappa shape index (κ2) is 7.86. The molecule has 0 amide bonds. The molecule has 10 atom stereocenters. The first kappa shape index (κ1) is 24.6. The Morgan fingerprint density at radius 2 is 1.72 bits per heavy atom. The first-order chi connectivity index (χ1) is 16.9. The molecule has 1 N–H and O–H groups in total. The van der Waals surface area contributed by atoms with Crippen LogP contribution in [0.3, 0.4) is 0 Å². The summed E-state index contributed by atoms with van der Waals surface area (Å²) >= 11 is 0. The standard InChI is InChI=1S/C31H44O5/c1-28(2)19-10-13-29(3,17-19)26(28)36-27(34)35-20-11-14-30(4)18(16-20)6-7-21-22-8-9-24(25(32)33)31(22,5)15-12-23(21)30/h11,14,16,19-24,26H,6-10,12-13,15,17H2,1-5H3,(H,32,33)/t19-,20?,21-,22-,23-,24?,26-,29+,30-,31-/m0/s1. The van der Waals surface area contributed by atoms with E-state index in [1.54, 1.807) is 0 Å². The SMILES string of the molecule is CC1(C)[C@H]2CC[C@](C)(C2)[C@H]1OC(=O)OC1C=C[C@@]2(C)C(=C1)CC[C@@H]1[C@@H]2CC[C@]2(C)C(C(=O)O)CC[C@@H]12. The van der Waals surface area contributed by atoms with Crippen LogP contribution in [0, 0.1) is 51.2 Å². The Kier molecular flexibility index (Phi) is 5.36. The Morgan fingerprint density at radius 3 is 2.42 bits per heavy atom.